The number of aliphatic carboxylic acids is 1. The molecule has 61 heavy (non-hydrogen) atoms. The largest absolute Gasteiger partial charge is 0.479 e. The smallest absolute Gasteiger partial charge is 0.340 e. The van der Waals surface area contributed by atoms with Crippen LogP contribution in [-0.4, -0.2) is 43.6 Å². The minimum Gasteiger partial charge on any atom is -0.479 e. The number of thiophene rings is 2. The van der Waals surface area contributed by atoms with Crippen molar-refractivity contribution in [2.24, 2.45) is 10.8 Å². The Labute approximate surface area is 385 Å². The molecular formula is C48H65ClN2O6S4. The molecule has 2 unspecified atom stereocenters. The number of ether oxygens (including phenoxy) is 3. The number of aryl methyl sites for hydroxylation is 3. The Morgan fingerprint density at radius 3 is 1.64 bits per heavy atom. The lowest BCUT2D eigenvalue weighted by Crippen LogP contribution is -2.29. The fourth-order valence-corrected chi connectivity index (χ4v) is 11.9. The van der Waals surface area contributed by atoms with Crippen molar-refractivity contribution in [3.8, 4) is 21.1 Å². The van der Waals surface area contributed by atoms with Crippen LogP contribution in [0.5, 0.6) is 0 Å². The van der Waals surface area contributed by atoms with Gasteiger partial charge in [0.15, 0.2) is 12.2 Å². The Balaban J connectivity index is 0.000000232. The number of hydrogen-bond donors (Lipinski definition) is 1. The van der Waals surface area contributed by atoms with Crippen LogP contribution in [0.3, 0.4) is 0 Å². The number of hydrogen-bond acceptors (Lipinski definition) is 11. The van der Waals surface area contributed by atoms with Crippen LogP contribution in [0.15, 0.2) is 17.5 Å². The first-order chi connectivity index (χ1) is 28.2. The van der Waals surface area contributed by atoms with Crippen molar-refractivity contribution in [1.29, 1.82) is 0 Å². The molecule has 2 aliphatic rings. The van der Waals surface area contributed by atoms with Crippen LogP contribution in [0, 0.1) is 38.5 Å². The highest BCUT2D eigenvalue weighted by molar-refractivity contribution is 7.17. The fourth-order valence-electron chi connectivity index (χ4n) is 7.74. The van der Waals surface area contributed by atoms with Gasteiger partial charge in [-0.25, -0.2) is 9.59 Å². The number of carboxylic acids is 1. The first kappa shape index (κ1) is 49.3. The van der Waals surface area contributed by atoms with Crippen molar-refractivity contribution < 1.29 is 28.9 Å². The van der Waals surface area contributed by atoms with Crippen LogP contribution in [-0.2, 0) is 23.8 Å². The monoisotopic (exact) mass is 928 g/mol. The van der Waals surface area contributed by atoms with Gasteiger partial charge in [-0.2, -0.15) is 8.75 Å². The van der Waals surface area contributed by atoms with Gasteiger partial charge >= 0.3 is 11.9 Å². The zero-order chi connectivity index (χ0) is 45.4. The molecule has 0 saturated carbocycles. The molecule has 6 rings (SSSR count). The SMILES string of the molecule is CCOC(=O)C(OC(C)(C)C)c1c(C)sc(-c2nsc(Cl)c2C)c1C1=CCC(C)(C)CC1.Cc1csnc1-c1sc(C)c(C(OC(C)(C)C)C(=O)O)c1C1=CCC(C)(C)CC1. The normalized spacial score (nSPS) is 17.5. The van der Waals surface area contributed by atoms with Crippen molar-refractivity contribution in [3.05, 3.63) is 65.0 Å². The number of rotatable bonds is 11. The van der Waals surface area contributed by atoms with Crippen LogP contribution >= 0.6 is 57.3 Å². The summed E-state index contributed by atoms with van der Waals surface area (Å²) in [7, 11) is 0. The lowest BCUT2D eigenvalue weighted by molar-refractivity contribution is -0.166. The molecule has 0 radical (unpaired) electrons. The van der Waals surface area contributed by atoms with Gasteiger partial charge in [0.1, 0.15) is 4.34 Å². The first-order valence-corrected chi connectivity index (χ1v) is 24.8. The van der Waals surface area contributed by atoms with Crippen LogP contribution < -0.4 is 0 Å². The van der Waals surface area contributed by atoms with Gasteiger partial charge in [-0.3, -0.25) is 0 Å². The number of carbonyl (C=O) groups is 2. The van der Waals surface area contributed by atoms with E-state index in [4.69, 9.17) is 25.8 Å². The second-order valence-corrected chi connectivity index (χ2v) is 24.3. The highest BCUT2D eigenvalue weighted by atomic mass is 35.5. The minimum atomic E-state index is -0.996. The average Bonchev–Trinajstić information content (AvgIpc) is 3.90. The molecule has 0 amide bonds. The minimum absolute atomic E-state index is 0.275. The maximum absolute atomic E-state index is 13.1. The van der Waals surface area contributed by atoms with E-state index in [-0.39, 0.29) is 16.8 Å². The number of aromatic nitrogens is 2. The summed E-state index contributed by atoms with van der Waals surface area (Å²) in [6.45, 7) is 31.0. The molecule has 1 N–H and O–H groups in total. The maximum Gasteiger partial charge on any atom is 0.340 e. The quantitative estimate of drug-likeness (QED) is 0.148. The van der Waals surface area contributed by atoms with Crippen molar-refractivity contribution in [1.82, 2.24) is 8.75 Å². The van der Waals surface area contributed by atoms with Gasteiger partial charge < -0.3 is 19.3 Å². The highest BCUT2D eigenvalue weighted by Crippen LogP contribution is 2.51. The molecule has 0 spiro atoms. The molecule has 0 aromatic carbocycles. The lowest BCUT2D eigenvalue weighted by atomic mass is 9.76. The molecule has 4 aromatic heterocycles. The van der Waals surface area contributed by atoms with E-state index in [2.05, 4.69) is 62.4 Å². The van der Waals surface area contributed by atoms with Gasteiger partial charge in [0.2, 0.25) is 0 Å². The lowest BCUT2D eigenvalue weighted by Gasteiger charge is -2.31. The Bertz CT molecular complexity index is 2290. The van der Waals surface area contributed by atoms with Gasteiger partial charge in [0.05, 0.1) is 39.0 Å². The summed E-state index contributed by atoms with van der Waals surface area (Å²) >= 11 is 12.4. The number of carboxylic acid groups (broad SMARTS) is 1. The van der Waals surface area contributed by atoms with Crippen LogP contribution in [0.1, 0.15) is 170 Å². The molecule has 4 aromatic rings. The van der Waals surface area contributed by atoms with E-state index in [9.17, 15) is 14.7 Å². The average molecular weight is 930 g/mol. The molecule has 2 aliphatic carbocycles. The first-order valence-electron chi connectivity index (χ1n) is 21.2. The topological polar surface area (TPSA) is 108 Å². The van der Waals surface area contributed by atoms with E-state index < -0.39 is 29.4 Å². The highest BCUT2D eigenvalue weighted by Gasteiger charge is 2.38. The van der Waals surface area contributed by atoms with Gasteiger partial charge in [-0.15, -0.1) is 22.7 Å². The Kier molecular flexibility index (Phi) is 15.5. The molecule has 0 fully saturated rings. The van der Waals surface area contributed by atoms with E-state index in [1.165, 1.54) is 34.2 Å². The maximum atomic E-state index is 13.1. The van der Waals surface area contributed by atoms with Gasteiger partial charge in [-0.05, 0) is 165 Å². The standard InChI is InChI=1S/C25H34ClNO3S2.C23H31NO3S2/c1-9-29-23(28)20(30-24(4,5)6)17-15(3)31-21(19-14(2)22(26)32-27-19)18(17)16-10-12-25(7,8)13-11-16;1-13-12-28-24-18(13)20-17(15-8-10-23(6,7)11-9-15)16(14(2)29-20)19(21(25)26)27-22(3,4)5/h10,20H,9,11-13H2,1-8H3;8,12,19H,9-11H2,1-7H3,(H,25,26). The number of halogens is 1. The molecule has 0 bridgehead atoms. The third-order valence-electron chi connectivity index (χ3n) is 11.1. The summed E-state index contributed by atoms with van der Waals surface area (Å²) < 4.78 is 27.9. The van der Waals surface area contributed by atoms with Crippen LogP contribution in [0.2, 0.25) is 4.34 Å². The predicted molar refractivity (Wildman–Crippen MR) is 257 cm³/mol. The molecule has 334 valence electrons. The van der Waals surface area contributed by atoms with Gasteiger partial charge in [0, 0.05) is 43.0 Å². The molecule has 2 atom stereocenters. The molecule has 0 saturated heterocycles. The Hall–Kier alpha value is -2.71. The van der Waals surface area contributed by atoms with Crippen LogP contribution in [0.25, 0.3) is 32.3 Å². The predicted octanol–water partition coefficient (Wildman–Crippen LogP) is 15.2. The summed E-state index contributed by atoms with van der Waals surface area (Å²) in [5.74, 6) is -1.29. The summed E-state index contributed by atoms with van der Waals surface area (Å²) in [5, 5.41) is 12.1. The fraction of sp³-hybridized carbons (Fsp3) is 0.583. The van der Waals surface area contributed by atoms with E-state index in [0.29, 0.717) is 10.9 Å². The summed E-state index contributed by atoms with van der Waals surface area (Å²) in [6, 6.07) is 0. The van der Waals surface area contributed by atoms with Gasteiger partial charge in [0.25, 0.3) is 0 Å². The van der Waals surface area contributed by atoms with E-state index in [1.54, 1.807) is 22.7 Å². The van der Waals surface area contributed by atoms with E-state index in [1.807, 2.05) is 67.7 Å². The Morgan fingerprint density at radius 2 is 1.26 bits per heavy atom. The molecule has 0 aliphatic heterocycles. The van der Waals surface area contributed by atoms with E-state index >= 15 is 0 Å². The second kappa shape index (κ2) is 19.2. The van der Waals surface area contributed by atoms with E-state index in [0.717, 1.165) is 103 Å². The zero-order valence-electron chi connectivity index (χ0n) is 38.7. The third-order valence-corrected chi connectivity index (χ3v) is 15.3. The number of carbonyl (C=O) groups excluding carboxylic acids is 1. The number of nitrogens with zero attached hydrogens (tertiary/aromatic N) is 2. The molecule has 8 nitrogen and oxygen atoms in total. The van der Waals surface area contributed by atoms with Gasteiger partial charge in [-0.1, -0.05) is 51.4 Å². The molecule has 4 heterocycles. The number of allylic oxidation sites excluding steroid dienone is 4. The third kappa shape index (κ3) is 11.9. The second-order valence-electron chi connectivity index (χ2n) is 19.8. The summed E-state index contributed by atoms with van der Waals surface area (Å²) in [5.41, 5.74) is 9.77. The summed E-state index contributed by atoms with van der Waals surface area (Å²) in [4.78, 5) is 29.6. The Morgan fingerprint density at radius 1 is 0.787 bits per heavy atom. The number of esters is 1. The van der Waals surface area contributed by atoms with Crippen molar-refractivity contribution in [2.75, 3.05) is 6.61 Å². The van der Waals surface area contributed by atoms with Crippen molar-refractivity contribution >= 4 is 80.4 Å². The zero-order valence-corrected chi connectivity index (χ0v) is 42.8. The molecular weight excluding hydrogens is 864 g/mol. The van der Waals surface area contributed by atoms with Crippen molar-refractivity contribution in [3.63, 3.8) is 0 Å². The van der Waals surface area contributed by atoms with Crippen LogP contribution in [0.4, 0.5) is 0 Å². The molecule has 13 heteroatoms. The van der Waals surface area contributed by atoms with Crippen molar-refractivity contribution in [2.45, 2.75) is 166 Å². The summed E-state index contributed by atoms with van der Waals surface area (Å²) in [6.07, 6.45) is 8.90.